The molecule has 4 aromatic rings. The Labute approximate surface area is 210 Å². The minimum absolute atomic E-state index is 0.318. The van der Waals surface area contributed by atoms with E-state index in [9.17, 15) is 18.0 Å². The van der Waals surface area contributed by atoms with Gasteiger partial charge in [-0.05, 0) is 61.7 Å². The van der Waals surface area contributed by atoms with E-state index in [4.69, 9.17) is 0 Å². The number of hydrogen-bond donors (Lipinski definition) is 2. The minimum Gasteiger partial charge on any atom is -0.406 e. The van der Waals surface area contributed by atoms with Crippen LogP contribution in [0, 0.1) is 20.8 Å². The number of anilines is 1. The van der Waals surface area contributed by atoms with Gasteiger partial charge in [0, 0.05) is 11.3 Å². The number of hydrazone groups is 1. The Morgan fingerprint density at radius 3 is 2.27 bits per heavy atom. The molecule has 0 bridgehead atoms. The van der Waals surface area contributed by atoms with Crippen LogP contribution in [-0.2, 0) is 0 Å². The molecule has 0 atom stereocenters. The average molecular weight is 509 g/mol. The fourth-order valence-corrected chi connectivity index (χ4v) is 3.72. The number of amides is 2. The molecular weight excluding hydrogens is 485 g/mol. The van der Waals surface area contributed by atoms with Crippen LogP contribution >= 0.6 is 0 Å². The molecule has 3 aromatic carbocycles. The van der Waals surface area contributed by atoms with Gasteiger partial charge in [0.15, 0.2) is 5.82 Å². The molecule has 0 spiro atoms. The molecule has 11 heteroatoms. The molecule has 0 radical (unpaired) electrons. The number of hydrogen-bond acceptors (Lipinski definition) is 5. The zero-order valence-electron chi connectivity index (χ0n) is 20.2. The van der Waals surface area contributed by atoms with Gasteiger partial charge in [-0.3, -0.25) is 0 Å². The van der Waals surface area contributed by atoms with E-state index in [1.807, 2.05) is 32.9 Å². The molecule has 1 aromatic heterocycles. The van der Waals surface area contributed by atoms with Crippen LogP contribution in [0.15, 0.2) is 72.1 Å². The van der Waals surface area contributed by atoms with Crippen molar-refractivity contribution >= 4 is 17.9 Å². The first kappa shape index (κ1) is 25.4. The summed E-state index contributed by atoms with van der Waals surface area (Å²) in [6.07, 6.45) is -1.78. The lowest BCUT2D eigenvalue weighted by Crippen LogP contribution is -2.25. The summed E-state index contributed by atoms with van der Waals surface area (Å²) in [7, 11) is 0. The van der Waals surface area contributed by atoms with Gasteiger partial charge in [-0.15, -0.1) is 18.3 Å². The third-order valence-electron chi connectivity index (χ3n) is 5.29. The Morgan fingerprint density at radius 1 is 1.00 bits per heavy atom. The molecule has 0 aliphatic carbocycles. The molecule has 0 fully saturated rings. The number of carbonyl (C=O) groups excluding carboxylic acids is 1. The molecule has 4 rings (SSSR count). The highest BCUT2D eigenvalue weighted by atomic mass is 19.4. The predicted molar refractivity (Wildman–Crippen MR) is 134 cm³/mol. The first-order chi connectivity index (χ1) is 17.6. The van der Waals surface area contributed by atoms with Crippen molar-refractivity contribution < 1.29 is 22.7 Å². The number of benzene rings is 3. The summed E-state index contributed by atoms with van der Waals surface area (Å²) in [6, 6.07) is 16.0. The second-order valence-electron chi connectivity index (χ2n) is 8.27. The van der Waals surface area contributed by atoms with Gasteiger partial charge in [0.1, 0.15) is 12.1 Å². The van der Waals surface area contributed by atoms with Crippen molar-refractivity contribution in [2.75, 3.05) is 5.32 Å². The van der Waals surface area contributed by atoms with Crippen molar-refractivity contribution in [3.05, 3.63) is 89.2 Å². The molecule has 2 N–H and O–H groups in total. The minimum atomic E-state index is -4.75. The van der Waals surface area contributed by atoms with Gasteiger partial charge in [0.25, 0.3) is 0 Å². The third-order valence-corrected chi connectivity index (χ3v) is 5.29. The topological polar surface area (TPSA) is 93.4 Å². The van der Waals surface area contributed by atoms with Gasteiger partial charge < -0.3 is 10.1 Å². The first-order valence-corrected chi connectivity index (χ1v) is 11.1. The smallest absolute Gasteiger partial charge is 0.406 e. The lowest BCUT2D eigenvalue weighted by molar-refractivity contribution is -0.274. The van der Waals surface area contributed by atoms with Crippen molar-refractivity contribution in [1.82, 2.24) is 20.2 Å². The number of nitrogens with one attached hydrogen (secondary N) is 2. The number of alkyl halides is 3. The van der Waals surface area contributed by atoms with Crippen LogP contribution in [-0.4, -0.2) is 33.4 Å². The van der Waals surface area contributed by atoms with Crippen LogP contribution in [0.2, 0.25) is 0 Å². The van der Waals surface area contributed by atoms with Gasteiger partial charge in [-0.25, -0.2) is 19.9 Å². The average Bonchev–Trinajstić information content (AvgIpc) is 3.32. The first-order valence-electron chi connectivity index (χ1n) is 11.1. The molecule has 0 unspecified atom stereocenters. The predicted octanol–water partition coefficient (Wildman–Crippen LogP) is 5.91. The van der Waals surface area contributed by atoms with E-state index >= 15 is 0 Å². The maximum atomic E-state index is 12.3. The molecule has 37 heavy (non-hydrogen) atoms. The Kier molecular flexibility index (Phi) is 7.23. The number of carbonyl (C=O) groups is 1. The van der Waals surface area contributed by atoms with E-state index in [0.29, 0.717) is 11.5 Å². The normalized spacial score (nSPS) is 11.5. The van der Waals surface area contributed by atoms with Gasteiger partial charge in [-0.2, -0.15) is 5.10 Å². The molecule has 1 heterocycles. The number of ether oxygens (including phenoxy) is 1. The summed E-state index contributed by atoms with van der Waals surface area (Å²) >= 11 is 0. The summed E-state index contributed by atoms with van der Waals surface area (Å²) in [5.41, 5.74) is 8.26. The SMILES string of the molecule is Cc1cc(C)c(NC(=O)N/N=C/c2ccc(-c3ncn(-c4ccc(OC(F)(F)F)cc4)n3)cc2)c(C)c1. The molecule has 0 saturated carbocycles. The fourth-order valence-electron chi connectivity index (χ4n) is 3.72. The van der Waals surface area contributed by atoms with Crippen molar-refractivity contribution in [3.8, 4) is 22.8 Å². The maximum absolute atomic E-state index is 12.3. The van der Waals surface area contributed by atoms with E-state index in [2.05, 4.69) is 30.7 Å². The number of urea groups is 1. The van der Waals surface area contributed by atoms with Gasteiger partial charge >= 0.3 is 12.4 Å². The molecular formula is C26H23F3N6O2. The summed E-state index contributed by atoms with van der Waals surface area (Å²) in [4.78, 5) is 16.5. The number of rotatable bonds is 6. The highest BCUT2D eigenvalue weighted by molar-refractivity contribution is 5.92. The number of aromatic nitrogens is 3. The highest BCUT2D eigenvalue weighted by Crippen LogP contribution is 2.24. The second-order valence-corrected chi connectivity index (χ2v) is 8.27. The standard InChI is InChI=1S/C26H23F3N6O2/c1-16-12-17(2)23(18(3)13-16)32-25(36)33-31-14-19-4-6-20(7-5-19)24-30-15-35(34-24)21-8-10-22(11-9-21)37-26(27,28)29/h4-15H,1-3H3,(H2,32,33,36)/b31-14+. The fraction of sp³-hybridized carbons (Fsp3) is 0.154. The number of nitrogens with zero attached hydrogens (tertiary/aromatic N) is 4. The number of aryl methyl sites for hydroxylation is 3. The number of halogens is 3. The van der Waals surface area contributed by atoms with Crippen LogP contribution in [0.5, 0.6) is 5.75 Å². The molecule has 2 amide bonds. The van der Waals surface area contributed by atoms with E-state index in [1.165, 1.54) is 41.5 Å². The lowest BCUT2D eigenvalue weighted by atomic mass is 10.1. The Hall–Kier alpha value is -4.67. The summed E-state index contributed by atoms with van der Waals surface area (Å²) in [5.74, 6) is 0.113. The van der Waals surface area contributed by atoms with Crippen LogP contribution in [0.3, 0.4) is 0 Å². The Bertz CT molecular complexity index is 1410. The highest BCUT2D eigenvalue weighted by Gasteiger charge is 2.31. The van der Waals surface area contributed by atoms with Crippen LogP contribution in [0.4, 0.5) is 23.7 Å². The van der Waals surface area contributed by atoms with Crippen molar-refractivity contribution in [1.29, 1.82) is 0 Å². The zero-order valence-corrected chi connectivity index (χ0v) is 20.2. The van der Waals surface area contributed by atoms with Crippen molar-refractivity contribution in [3.63, 3.8) is 0 Å². The molecule has 0 saturated heterocycles. The monoisotopic (exact) mass is 508 g/mol. The van der Waals surface area contributed by atoms with Crippen LogP contribution in [0.25, 0.3) is 17.1 Å². The van der Waals surface area contributed by atoms with E-state index in [0.717, 1.165) is 33.5 Å². The van der Waals surface area contributed by atoms with Crippen LogP contribution in [0.1, 0.15) is 22.3 Å². The van der Waals surface area contributed by atoms with E-state index in [1.54, 1.807) is 24.3 Å². The van der Waals surface area contributed by atoms with Crippen molar-refractivity contribution in [2.24, 2.45) is 5.10 Å². The van der Waals surface area contributed by atoms with E-state index < -0.39 is 12.4 Å². The Balaban J connectivity index is 1.35. The van der Waals surface area contributed by atoms with Gasteiger partial charge in [0.05, 0.1) is 11.9 Å². The molecule has 0 aliphatic heterocycles. The quantitative estimate of drug-likeness (QED) is 0.250. The van der Waals surface area contributed by atoms with Crippen LogP contribution < -0.4 is 15.5 Å². The largest absolute Gasteiger partial charge is 0.573 e. The second kappa shape index (κ2) is 10.5. The molecule has 8 nitrogen and oxygen atoms in total. The van der Waals surface area contributed by atoms with E-state index in [-0.39, 0.29) is 5.75 Å². The summed E-state index contributed by atoms with van der Waals surface area (Å²) < 4.78 is 42.3. The summed E-state index contributed by atoms with van der Waals surface area (Å²) in [6.45, 7) is 5.86. The molecule has 0 aliphatic rings. The Morgan fingerprint density at radius 2 is 1.65 bits per heavy atom. The maximum Gasteiger partial charge on any atom is 0.573 e. The third kappa shape index (κ3) is 6.72. The lowest BCUT2D eigenvalue weighted by Gasteiger charge is -2.12. The summed E-state index contributed by atoms with van der Waals surface area (Å²) in [5, 5.41) is 11.2. The van der Waals surface area contributed by atoms with Crippen molar-refractivity contribution in [2.45, 2.75) is 27.1 Å². The van der Waals surface area contributed by atoms with Gasteiger partial charge in [0.2, 0.25) is 0 Å². The molecule has 190 valence electrons. The zero-order chi connectivity index (χ0) is 26.6. The van der Waals surface area contributed by atoms with Gasteiger partial charge in [-0.1, -0.05) is 42.0 Å².